The Morgan fingerprint density at radius 3 is 2.42 bits per heavy atom. The van der Waals surface area contributed by atoms with Gasteiger partial charge in [0.05, 0.1) is 6.54 Å². The predicted octanol–water partition coefficient (Wildman–Crippen LogP) is 0.604. The molecular formula is C19H20BrClN2O. The van der Waals surface area contributed by atoms with Crippen molar-refractivity contribution in [2.45, 2.75) is 25.0 Å². The van der Waals surface area contributed by atoms with Crippen LogP contribution in [0.3, 0.4) is 0 Å². The summed E-state index contributed by atoms with van der Waals surface area (Å²) in [5.41, 5.74) is 1.05. The van der Waals surface area contributed by atoms with E-state index >= 15 is 0 Å². The van der Waals surface area contributed by atoms with Gasteiger partial charge in [-0.25, -0.2) is 9.48 Å². The Bertz CT molecular complexity index is 748. The van der Waals surface area contributed by atoms with Crippen LogP contribution < -0.4 is 21.9 Å². The largest absolute Gasteiger partial charge is 1.00 e. The molecule has 0 amide bonds. The number of hydrogen-bond acceptors (Lipinski definition) is 2. The van der Waals surface area contributed by atoms with Crippen LogP contribution in [0, 0.1) is 0 Å². The summed E-state index contributed by atoms with van der Waals surface area (Å²) in [4.78, 5) is 2.26. The standard InChI is InChI=1S/C19H20ClN2O.BrH/c20-16-11-9-15(10-12-16)19(23)14-21(17-6-2-1-3-7-17)18-8-4-5-13-22(18)19;/h1-3,6-7,9-12,23H,4-5,8,13-14H2;1H/q+1;/p-1. The highest BCUT2D eigenvalue weighted by atomic mass is 79.9. The van der Waals surface area contributed by atoms with Gasteiger partial charge in [0, 0.05) is 17.0 Å². The number of hydrogen-bond donors (Lipinski definition) is 1. The molecule has 126 valence electrons. The second kappa shape index (κ2) is 6.87. The molecule has 1 N–H and O–H groups in total. The zero-order valence-corrected chi connectivity index (χ0v) is 15.7. The molecule has 24 heavy (non-hydrogen) atoms. The minimum atomic E-state index is -0.990. The number of rotatable bonds is 2. The Labute approximate surface area is 158 Å². The van der Waals surface area contributed by atoms with E-state index in [9.17, 15) is 5.11 Å². The highest BCUT2D eigenvalue weighted by molar-refractivity contribution is 6.30. The Morgan fingerprint density at radius 1 is 1.00 bits per heavy atom. The van der Waals surface area contributed by atoms with E-state index in [1.54, 1.807) is 0 Å². The van der Waals surface area contributed by atoms with E-state index < -0.39 is 5.72 Å². The third kappa shape index (κ3) is 2.87. The van der Waals surface area contributed by atoms with Crippen LogP contribution in [0.15, 0.2) is 54.6 Å². The van der Waals surface area contributed by atoms with Crippen LogP contribution in [0.25, 0.3) is 0 Å². The Morgan fingerprint density at radius 2 is 1.71 bits per heavy atom. The summed E-state index contributed by atoms with van der Waals surface area (Å²) < 4.78 is 2.17. The lowest BCUT2D eigenvalue weighted by Gasteiger charge is -2.24. The molecule has 2 aliphatic heterocycles. The van der Waals surface area contributed by atoms with E-state index in [1.807, 2.05) is 42.5 Å². The van der Waals surface area contributed by atoms with Gasteiger partial charge < -0.3 is 22.1 Å². The predicted molar refractivity (Wildman–Crippen MR) is 93.1 cm³/mol. The first kappa shape index (κ1) is 17.5. The Kier molecular flexibility index (Phi) is 5.00. The second-order valence-corrected chi connectivity index (χ2v) is 6.71. The van der Waals surface area contributed by atoms with Gasteiger partial charge in [0.2, 0.25) is 0 Å². The molecule has 0 fully saturated rings. The molecule has 4 rings (SSSR count). The molecular weight excluding hydrogens is 388 g/mol. The SMILES string of the molecule is OC1(c2ccc(Cl)cc2)CN(c2ccccc2)C2=[N+]1CCCC2.[Br-]. The summed E-state index contributed by atoms with van der Waals surface area (Å²) in [6, 6.07) is 17.9. The maximum absolute atomic E-state index is 11.5. The van der Waals surface area contributed by atoms with Crippen LogP contribution in [0.2, 0.25) is 5.02 Å². The molecule has 2 aromatic rings. The van der Waals surface area contributed by atoms with Crippen LogP contribution in [0.1, 0.15) is 24.8 Å². The van der Waals surface area contributed by atoms with Gasteiger partial charge in [0.1, 0.15) is 5.69 Å². The van der Waals surface area contributed by atoms with E-state index in [4.69, 9.17) is 11.6 Å². The van der Waals surface area contributed by atoms with Gasteiger partial charge in [-0.3, -0.25) is 0 Å². The van der Waals surface area contributed by atoms with Gasteiger partial charge in [-0.05, 0) is 37.1 Å². The van der Waals surface area contributed by atoms with E-state index in [0.717, 1.165) is 30.6 Å². The summed E-state index contributed by atoms with van der Waals surface area (Å²) in [5, 5.41) is 12.2. The van der Waals surface area contributed by atoms with Gasteiger partial charge in [0.15, 0.2) is 6.54 Å². The monoisotopic (exact) mass is 406 g/mol. The minimum Gasteiger partial charge on any atom is -1.00 e. The van der Waals surface area contributed by atoms with Crippen LogP contribution in [0.4, 0.5) is 5.69 Å². The lowest BCUT2D eigenvalue weighted by molar-refractivity contribution is -0.661. The zero-order valence-electron chi connectivity index (χ0n) is 13.3. The summed E-state index contributed by atoms with van der Waals surface area (Å²) in [7, 11) is 0. The van der Waals surface area contributed by atoms with Gasteiger partial charge in [0.25, 0.3) is 11.6 Å². The van der Waals surface area contributed by atoms with Crippen LogP contribution in [0.5, 0.6) is 0 Å². The van der Waals surface area contributed by atoms with Crippen LogP contribution >= 0.6 is 11.6 Å². The molecule has 0 radical (unpaired) electrons. The maximum atomic E-state index is 11.5. The van der Waals surface area contributed by atoms with Crippen LogP contribution in [-0.2, 0) is 5.72 Å². The average molecular weight is 408 g/mol. The summed E-state index contributed by atoms with van der Waals surface area (Å²) in [5.74, 6) is 1.22. The molecule has 3 nitrogen and oxygen atoms in total. The quantitative estimate of drug-likeness (QED) is 0.738. The van der Waals surface area contributed by atoms with Gasteiger partial charge in [-0.1, -0.05) is 41.9 Å². The molecule has 1 unspecified atom stereocenters. The Hall–Kier alpha value is -1.36. The molecule has 0 saturated heterocycles. The van der Waals surface area contributed by atoms with Gasteiger partial charge in [-0.15, -0.1) is 0 Å². The van der Waals surface area contributed by atoms with Gasteiger partial charge in [-0.2, -0.15) is 0 Å². The first-order valence-electron chi connectivity index (χ1n) is 8.13. The fourth-order valence-corrected chi connectivity index (χ4v) is 3.83. The average Bonchev–Trinajstić information content (AvgIpc) is 2.91. The van der Waals surface area contributed by atoms with Crippen LogP contribution in [-0.4, -0.2) is 28.6 Å². The zero-order chi connectivity index (χ0) is 15.9. The number of β-amino-alcohol motifs (C(OH)–C–C–N with tert-alkyl or cyclic N) is 1. The van der Waals surface area contributed by atoms with Crippen molar-refractivity contribution in [1.82, 2.24) is 0 Å². The maximum Gasteiger partial charge on any atom is 0.271 e. The highest BCUT2D eigenvalue weighted by Gasteiger charge is 2.52. The number of nitrogens with zero attached hydrogens (tertiary/aromatic N) is 2. The molecule has 2 aliphatic rings. The molecule has 5 heteroatoms. The topological polar surface area (TPSA) is 26.5 Å². The first-order valence-corrected chi connectivity index (χ1v) is 8.51. The molecule has 0 saturated carbocycles. The molecule has 0 aliphatic carbocycles. The smallest absolute Gasteiger partial charge is 0.271 e. The van der Waals surface area contributed by atoms with Crippen molar-refractivity contribution in [2.24, 2.45) is 0 Å². The van der Waals surface area contributed by atoms with Crippen molar-refractivity contribution in [1.29, 1.82) is 0 Å². The number of halogens is 2. The third-order valence-electron chi connectivity index (χ3n) is 4.85. The summed E-state index contributed by atoms with van der Waals surface area (Å²) in [6.07, 6.45) is 3.29. The van der Waals surface area contributed by atoms with Crippen molar-refractivity contribution in [3.63, 3.8) is 0 Å². The normalized spacial score (nSPS) is 23.0. The fourth-order valence-electron chi connectivity index (χ4n) is 3.71. The van der Waals surface area contributed by atoms with Crippen molar-refractivity contribution in [3.8, 4) is 0 Å². The van der Waals surface area contributed by atoms with Gasteiger partial charge >= 0.3 is 0 Å². The molecule has 1 atom stereocenters. The Balaban J connectivity index is 0.00000169. The minimum absolute atomic E-state index is 0. The van der Waals surface area contributed by atoms with Crippen molar-refractivity contribution >= 4 is 23.1 Å². The van der Waals surface area contributed by atoms with Crippen molar-refractivity contribution < 1.29 is 26.7 Å². The van der Waals surface area contributed by atoms with E-state index in [0.29, 0.717) is 11.6 Å². The lowest BCUT2D eigenvalue weighted by Crippen LogP contribution is -3.00. The third-order valence-corrected chi connectivity index (χ3v) is 5.11. The fraction of sp³-hybridized carbons (Fsp3) is 0.316. The van der Waals surface area contributed by atoms with E-state index in [2.05, 4.69) is 21.6 Å². The van der Waals surface area contributed by atoms with E-state index in [-0.39, 0.29) is 17.0 Å². The summed E-state index contributed by atoms with van der Waals surface area (Å²) >= 11 is 6.01. The molecule has 0 aromatic heterocycles. The molecule has 2 aromatic carbocycles. The highest BCUT2D eigenvalue weighted by Crippen LogP contribution is 2.35. The number of aliphatic hydroxyl groups is 1. The van der Waals surface area contributed by atoms with Crippen molar-refractivity contribution in [2.75, 3.05) is 18.0 Å². The van der Waals surface area contributed by atoms with E-state index in [1.165, 1.54) is 12.3 Å². The molecule has 0 bridgehead atoms. The first-order chi connectivity index (χ1) is 11.2. The number of benzene rings is 2. The number of anilines is 1. The summed E-state index contributed by atoms with van der Waals surface area (Å²) in [6.45, 7) is 1.44. The molecule has 2 heterocycles. The lowest BCUT2D eigenvalue weighted by atomic mass is 10.0. The second-order valence-electron chi connectivity index (χ2n) is 6.27. The number of amidine groups is 1. The van der Waals surface area contributed by atoms with Crippen molar-refractivity contribution in [3.05, 3.63) is 65.2 Å². The molecule has 0 spiro atoms. The number of para-hydroxylation sites is 1.